The second-order valence-corrected chi connectivity index (χ2v) is 6.83. The monoisotopic (exact) mass is 282 g/mol. The van der Waals surface area contributed by atoms with Gasteiger partial charge in [0.05, 0.1) is 12.0 Å². The molecule has 3 fully saturated rings. The molecule has 0 aromatic carbocycles. The summed E-state index contributed by atoms with van der Waals surface area (Å²) in [6, 6.07) is 0. The lowest BCUT2D eigenvalue weighted by atomic mass is 9.51. The molecule has 3 rings (SSSR count). The molecular formula is C15H22O5. The average Bonchev–Trinajstić information content (AvgIpc) is 2.68. The highest BCUT2D eigenvalue weighted by atomic mass is 17.1. The topological polar surface area (TPSA) is 76.0 Å². The predicted octanol–water partition coefficient (Wildman–Crippen LogP) is 1.90. The molecule has 2 aliphatic carbocycles. The largest absolute Gasteiger partial charge is 0.462 e. The van der Waals surface area contributed by atoms with Crippen molar-refractivity contribution < 1.29 is 24.8 Å². The molecule has 5 heteroatoms. The molecule has 1 heterocycles. The number of fused-ring (bicyclic) bond motifs is 2. The van der Waals surface area contributed by atoms with E-state index < -0.39 is 17.1 Å². The number of hydrogen-bond acceptors (Lipinski definition) is 5. The maximum Gasteiger partial charge on any atom is 0.309 e. The van der Waals surface area contributed by atoms with Gasteiger partial charge in [-0.15, -0.1) is 0 Å². The quantitative estimate of drug-likeness (QED) is 0.332. The standard InChI is InChI=1S/C15H22O5/c1-8-4-5-12(16)14(3)7-11-10(6-15(8,14)20-18)9(2)13(17)19-11/h9-12,16,18H,1,4-7H2,2-3H3. The number of rotatable bonds is 1. The minimum Gasteiger partial charge on any atom is -0.462 e. The van der Waals surface area contributed by atoms with E-state index in [1.54, 1.807) is 0 Å². The van der Waals surface area contributed by atoms with Gasteiger partial charge in [-0.05, 0) is 31.3 Å². The van der Waals surface area contributed by atoms with Gasteiger partial charge in [0.2, 0.25) is 0 Å². The Hall–Kier alpha value is -0.910. The summed E-state index contributed by atoms with van der Waals surface area (Å²) >= 11 is 0. The molecule has 0 radical (unpaired) electrons. The molecule has 1 saturated heterocycles. The van der Waals surface area contributed by atoms with Gasteiger partial charge in [0.15, 0.2) is 0 Å². The van der Waals surface area contributed by atoms with E-state index in [0.717, 1.165) is 5.57 Å². The molecule has 0 aromatic rings. The van der Waals surface area contributed by atoms with Crippen LogP contribution in [0.2, 0.25) is 0 Å². The summed E-state index contributed by atoms with van der Waals surface area (Å²) in [5, 5.41) is 20.1. The van der Waals surface area contributed by atoms with Crippen LogP contribution in [0.25, 0.3) is 0 Å². The lowest BCUT2D eigenvalue weighted by Gasteiger charge is -2.58. The Balaban J connectivity index is 2.04. The highest BCUT2D eigenvalue weighted by Crippen LogP contribution is 2.60. The van der Waals surface area contributed by atoms with Gasteiger partial charge in [0, 0.05) is 11.3 Å². The van der Waals surface area contributed by atoms with Crippen LogP contribution in [0.15, 0.2) is 12.2 Å². The molecule has 0 bridgehead atoms. The third-order valence-electron chi connectivity index (χ3n) is 6.01. The van der Waals surface area contributed by atoms with Crippen molar-refractivity contribution in [1.82, 2.24) is 0 Å². The highest BCUT2D eigenvalue weighted by Gasteiger charge is 2.66. The first-order chi connectivity index (χ1) is 9.35. The summed E-state index contributed by atoms with van der Waals surface area (Å²) in [6.07, 6.45) is 1.38. The van der Waals surface area contributed by atoms with Crippen molar-refractivity contribution in [3.05, 3.63) is 12.2 Å². The van der Waals surface area contributed by atoms with E-state index in [1.165, 1.54) is 0 Å². The van der Waals surface area contributed by atoms with Gasteiger partial charge in [-0.2, -0.15) is 0 Å². The van der Waals surface area contributed by atoms with E-state index in [2.05, 4.69) is 6.58 Å². The number of carbonyl (C=O) groups is 1. The van der Waals surface area contributed by atoms with Crippen molar-refractivity contribution in [1.29, 1.82) is 0 Å². The maximum absolute atomic E-state index is 11.8. The van der Waals surface area contributed by atoms with Crippen LogP contribution in [0, 0.1) is 17.3 Å². The Bertz CT molecular complexity index is 461. The van der Waals surface area contributed by atoms with Crippen LogP contribution in [-0.4, -0.2) is 34.1 Å². The minimum atomic E-state index is -0.978. The fraction of sp³-hybridized carbons (Fsp3) is 0.800. The molecule has 2 N–H and O–H groups in total. The molecule has 3 aliphatic rings. The summed E-state index contributed by atoms with van der Waals surface area (Å²) in [5.41, 5.74) is -0.853. The van der Waals surface area contributed by atoms with Gasteiger partial charge >= 0.3 is 5.97 Å². The number of esters is 1. The predicted molar refractivity (Wildman–Crippen MR) is 70.7 cm³/mol. The first-order valence-electron chi connectivity index (χ1n) is 7.25. The molecule has 6 unspecified atom stereocenters. The molecule has 2 saturated carbocycles. The SMILES string of the molecule is C=C1CCC(O)C2(C)CC3OC(=O)C(C)C3CC12OO. The molecule has 6 atom stereocenters. The summed E-state index contributed by atoms with van der Waals surface area (Å²) in [6.45, 7) is 7.80. The summed E-state index contributed by atoms with van der Waals surface area (Å²) < 4.78 is 5.45. The first kappa shape index (κ1) is 14.0. The van der Waals surface area contributed by atoms with Crippen LogP contribution in [0.5, 0.6) is 0 Å². The fourth-order valence-corrected chi connectivity index (χ4v) is 4.48. The normalized spacial score (nSPS) is 51.4. The Kier molecular flexibility index (Phi) is 3.01. The lowest BCUT2D eigenvalue weighted by Crippen LogP contribution is -2.63. The van der Waals surface area contributed by atoms with Crippen LogP contribution >= 0.6 is 0 Å². The molecule has 0 aromatic heterocycles. The second kappa shape index (κ2) is 4.29. The van der Waals surface area contributed by atoms with E-state index in [-0.39, 0.29) is 23.9 Å². The van der Waals surface area contributed by atoms with E-state index >= 15 is 0 Å². The maximum atomic E-state index is 11.8. The zero-order valence-corrected chi connectivity index (χ0v) is 12.0. The molecule has 0 spiro atoms. The third-order valence-corrected chi connectivity index (χ3v) is 6.01. The average molecular weight is 282 g/mol. The van der Waals surface area contributed by atoms with Crippen molar-refractivity contribution in [3.8, 4) is 0 Å². The van der Waals surface area contributed by atoms with Crippen LogP contribution in [0.3, 0.4) is 0 Å². The summed E-state index contributed by atoms with van der Waals surface area (Å²) in [5.74, 6) is -0.399. The molecule has 20 heavy (non-hydrogen) atoms. The summed E-state index contributed by atoms with van der Waals surface area (Å²) in [4.78, 5) is 16.7. The molecule has 1 aliphatic heterocycles. The van der Waals surface area contributed by atoms with E-state index in [0.29, 0.717) is 25.7 Å². The number of hydrogen-bond donors (Lipinski definition) is 2. The first-order valence-corrected chi connectivity index (χ1v) is 7.25. The van der Waals surface area contributed by atoms with Crippen LogP contribution in [0.4, 0.5) is 0 Å². The number of carbonyl (C=O) groups excluding carboxylic acids is 1. The zero-order chi connectivity index (χ0) is 14.7. The van der Waals surface area contributed by atoms with Crippen molar-refractivity contribution >= 4 is 5.97 Å². The smallest absolute Gasteiger partial charge is 0.309 e. The number of aliphatic hydroxyl groups excluding tert-OH is 1. The third kappa shape index (κ3) is 1.51. The Labute approximate surface area is 118 Å². The van der Waals surface area contributed by atoms with Gasteiger partial charge in [0.25, 0.3) is 0 Å². The molecule has 0 amide bonds. The van der Waals surface area contributed by atoms with Crippen LogP contribution < -0.4 is 0 Å². The number of ether oxygens (including phenoxy) is 1. The Morgan fingerprint density at radius 2 is 2.15 bits per heavy atom. The lowest BCUT2D eigenvalue weighted by molar-refractivity contribution is -0.369. The van der Waals surface area contributed by atoms with E-state index in [4.69, 9.17) is 9.62 Å². The van der Waals surface area contributed by atoms with Crippen LogP contribution in [-0.2, 0) is 14.4 Å². The van der Waals surface area contributed by atoms with E-state index in [9.17, 15) is 15.2 Å². The van der Waals surface area contributed by atoms with Gasteiger partial charge in [-0.1, -0.05) is 20.4 Å². The zero-order valence-electron chi connectivity index (χ0n) is 12.0. The molecule has 5 nitrogen and oxygen atoms in total. The van der Waals surface area contributed by atoms with E-state index in [1.807, 2.05) is 13.8 Å². The second-order valence-electron chi connectivity index (χ2n) is 6.83. The summed E-state index contributed by atoms with van der Waals surface area (Å²) in [7, 11) is 0. The van der Waals surface area contributed by atoms with Gasteiger partial charge in [-0.3, -0.25) is 10.1 Å². The highest BCUT2D eigenvalue weighted by molar-refractivity contribution is 5.75. The minimum absolute atomic E-state index is 0.00442. The fourth-order valence-electron chi connectivity index (χ4n) is 4.48. The Morgan fingerprint density at radius 1 is 1.45 bits per heavy atom. The van der Waals surface area contributed by atoms with Crippen molar-refractivity contribution in [3.63, 3.8) is 0 Å². The van der Waals surface area contributed by atoms with Crippen LogP contribution in [0.1, 0.15) is 39.5 Å². The van der Waals surface area contributed by atoms with Gasteiger partial charge < -0.3 is 9.84 Å². The van der Waals surface area contributed by atoms with Crippen molar-refractivity contribution in [2.24, 2.45) is 17.3 Å². The van der Waals surface area contributed by atoms with Gasteiger partial charge in [-0.25, -0.2) is 4.89 Å². The number of aliphatic hydroxyl groups is 1. The van der Waals surface area contributed by atoms with Gasteiger partial charge in [0.1, 0.15) is 11.7 Å². The van der Waals surface area contributed by atoms with Crippen molar-refractivity contribution in [2.75, 3.05) is 0 Å². The molecule has 112 valence electrons. The Morgan fingerprint density at radius 3 is 2.80 bits per heavy atom. The van der Waals surface area contributed by atoms with Crippen molar-refractivity contribution in [2.45, 2.75) is 57.3 Å². The molecular weight excluding hydrogens is 260 g/mol.